The van der Waals surface area contributed by atoms with Crippen molar-refractivity contribution in [2.24, 2.45) is 0 Å². The van der Waals surface area contributed by atoms with Crippen LogP contribution in [-0.4, -0.2) is 39.6 Å². The summed E-state index contributed by atoms with van der Waals surface area (Å²) in [4.78, 5) is 12.6. The Hall–Kier alpha value is -3.55. The van der Waals surface area contributed by atoms with Crippen LogP contribution in [0.3, 0.4) is 0 Å². The fraction of sp³-hybridized carbons (Fsp3) is 0.318. The van der Waals surface area contributed by atoms with E-state index in [1.807, 2.05) is 42.5 Å². The molecule has 0 bridgehead atoms. The van der Waals surface area contributed by atoms with Crippen LogP contribution >= 0.6 is 0 Å². The summed E-state index contributed by atoms with van der Waals surface area (Å²) in [6.45, 7) is 0.257. The van der Waals surface area contributed by atoms with E-state index in [0.29, 0.717) is 5.56 Å². The third-order valence-electron chi connectivity index (χ3n) is 5.50. The standard InChI is InChI=1S/C22H22N4O4/c27-22(15-1-5-17(6-2-15)26-12-23-24-13-26)25-16-3-7-18(8-4-16)30-19-9-10-20-21(11-19)29-14-28-20/h1-2,5-6,9-13,16,18H,3-4,7-8,14H2,(H,25,27). The third kappa shape index (κ3) is 3.94. The number of aromatic nitrogens is 3. The van der Waals surface area contributed by atoms with Crippen molar-refractivity contribution in [3.63, 3.8) is 0 Å². The first-order valence-electron chi connectivity index (χ1n) is 10.1. The number of amides is 1. The number of ether oxygens (including phenoxy) is 3. The van der Waals surface area contributed by atoms with Gasteiger partial charge in [0, 0.05) is 23.4 Å². The van der Waals surface area contributed by atoms with E-state index in [-0.39, 0.29) is 24.8 Å². The summed E-state index contributed by atoms with van der Waals surface area (Å²) < 4.78 is 18.6. The number of nitrogens with one attached hydrogen (secondary N) is 1. The number of hydrogen-bond acceptors (Lipinski definition) is 6. The van der Waals surface area contributed by atoms with Gasteiger partial charge in [-0.3, -0.25) is 9.36 Å². The molecule has 0 atom stereocenters. The predicted molar refractivity (Wildman–Crippen MR) is 108 cm³/mol. The molecule has 1 aliphatic heterocycles. The molecule has 2 aliphatic rings. The first-order valence-corrected chi connectivity index (χ1v) is 10.1. The highest BCUT2D eigenvalue weighted by Crippen LogP contribution is 2.36. The van der Waals surface area contributed by atoms with Crippen molar-refractivity contribution in [3.05, 3.63) is 60.7 Å². The van der Waals surface area contributed by atoms with Crippen molar-refractivity contribution in [1.82, 2.24) is 20.1 Å². The van der Waals surface area contributed by atoms with Crippen LogP contribution in [0.1, 0.15) is 36.0 Å². The predicted octanol–water partition coefficient (Wildman–Crippen LogP) is 3.12. The van der Waals surface area contributed by atoms with E-state index in [4.69, 9.17) is 14.2 Å². The zero-order valence-electron chi connectivity index (χ0n) is 16.4. The lowest BCUT2D eigenvalue weighted by Crippen LogP contribution is -2.39. The van der Waals surface area contributed by atoms with Gasteiger partial charge in [0.25, 0.3) is 5.91 Å². The third-order valence-corrected chi connectivity index (χ3v) is 5.50. The summed E-state index contributed by atoms with van der Waals surface area (Å²) in [5.41, 5.74) is 1.56. The SMILES string of the molecule is O=C(NC1CCC(Oc2ccc3c(c2)OCO3)CC1)c1ccc(-n2cnnc2)cc1. The maximum absolute atomic E-state index is 12.6. The van der Waals surface area contributed by atoms with Crippen LogP contribution in [0.25, 0.3) is 5.69 Å². The second kappa shape index (κ2) is 8.06. The average Bonchev–Trinajstić information content (AvgIpc) is 3.47. The molecule has 1 aliphatic carbocycles. The molecule has 1 amide bonds. The molecule has 8 nitrogen and oxygen atoms in total. The molecule has 2 heterocycles. The van der Waals surface area contributed by atoms with Crippen LogP contribution in [0.15, 0.2) is 55.1 Å². The summed E-state index contributed by atoms with van der Waals surface area (Å²) in [5.74, 6) is 2.22. The van der Waals surface area contributed by atoms with Crippen LogP contribution in [0.2, 0.25) is 0 Å². The minimum atomic E-state index is -0.0505. The van der Waals surface area contributed by atoms with Crippen LogP contribution in [-0.2, 0) is 0 Å². The van der Waals surface area contributed by atoms with Gasteiger partial charge in [0.05, 0.1) is 6.10 Å². The van der Waals surface area contributed by atoms with Crippen LogP contribution < -0.4 is 19.5 Å². The van der Waals surface area contributed by atoms with E-state index in [9.17, 15) is 4.79 Å². The van der Waals surface area contributed by atoms with E-state index < -0.39 is 0 Å². The number of rotatable bonds is 5. The summed E-state index contributed by atoms with van der Waals surface area (Å²) in [5, 5.41) is 10.7. The summed E-state index contributed by atoms with van der Waals surface area (Å²) in [7, 11) is 0. The Kier molecular flexibility index (Phi) is 4.96. The number of fused-ring (bicyclic) bond motifs is 1. The molecule has 154 valence electrons. The Morgan fingerprint density at radius 1 is 0.967 bits per heavy atom. The molecule has 3 aromatic rings. The molecule has 1 saturated carbocycles. The van der Waals surface area contributed by atoms with Gasteiger partial charge < -0.3 is 19.5 Å². The lowest BCUT2D eigenvalue weighted by molar-refractivity contribution is 0.0893. The molecule has 8 heteroatoms. The van der Waals surface area contributed by atoms with E-state index in [2.05, 4.69) is 15.5 Å². The van der Waals surface area contributed by atoms with Gasteiger partial charge in [-0.05, 0) is 62.1 Å². The Balaban J connectivity index is 1.12. The van der Waals surface area contributed by atoms with Crippen molar-refractivity contribution in [2.75, 3.05) is 6.79 Å². The summed E-state index contributed by atoms with van der Waals surface area (Å²) in [6, 6.07) is 13.2. The molecule has 1 aromatic heterocycles. The lowest BCUT2D eigenvalue weighted by Gasteiger charge is -2.29. The van der Waals surface area contributed by atoms with Crippen molar-refractivity contribution >= 4 is 5.91 Å². The minimum Gasteiger partial charge on any atom is -0.490 e. The van der Waals surface area contributed by atoms with Crippen LogP contribution in [0.4, 0.5) is 0 Å². The van der Waals surface area contributed by atoms with Crippen molar-refractivity contribution in [2.45, 2.75) is 37.8 Å². The first-order chi connectivity index (χ1) is 14.7. The van der Waals surface area contributed by atoms with Gasteiger partial charge in [0.1, 0.15) is 18.4 Å². The zero-order valence-corrected chi connectivity index (χ0v) is 16.4. The summed E-state index contributed by atoms with van der Waals surface area (Å²) in [6.07, 6.45) is 6.96. The number of carbonyl (C=O) groups is 1. The van der Waals surface area contributed by atoms with E-state index in [1.54, 1.807) is 17.2 Å². The molecule has 0 saturated heterocycles. The Morgan fingerprint density at radius 2 is 1.70 bits per heavy atom. The van der Waals surface area contributed by atoms with Gasteiger partial charge in [0.2, 0.25) is 6.79 Å². The Labute approximate surface area is 173 Å². The topological polar surface area (TPSA) is 87.5 Å². The second-order valence-electron chi connectivity index (χ2n) is 7.50. The molecule has 0 unspecified atom stereocenters. The molecular formula is C22H22N4O4. The molecule has 2 aromatic carbocycles. The van der Waals surface area contributed by atoms with Gasteiger partial charge in [0.15, 0.2) is 11.5 Å². The largest absolute Gasteiger partial charge is 0.490 e. The smallest absolute Gasteiger partial charge is 0.251 e. The molecule has 0 radical (unpaired) electrons. The highest BCUT2D eigenvalue weighted by Gasteiger charge is 2.24. The number of hydrogen-bond donors (Lipinski definition) is 1. The molecule has 1 fully saturated rings. The van der Waals surface area contributed by atoms with Gasteiger partial charge >= 0.3 is 0 Å². The van der Waals surface area contributed by atoms with Crippen molar-refractivity contribution in [1.29, 1.82) is 0 Å². The van der Waals surface area contributed by atoms with Crippen LogP contribution in [0.5, 0.6) is 17.2 Å². The number of benzene rings is 2. The highest BCUT2D eigenvalue weighted by atomic mass is 16.7. The normalized spacial score (nSPS) is 20.0. The lowest BCUT2D eigenvalue weighted by atomic mass is 9.92. The Bertz CT molecular complexity index is 1010. The highest BCUT2D eigenvalue weighted by molar-refractivity contribution is 5.94. The first kappa shape index (κ1) is 18.5. The monoisotopic (exact) mass is 406 g/mol. The van der Waals surface area contributed by atoms with E-state index in [1.165, 1.54) is 0 Å². The van der Waals surface area contributed by atoms with Gasteiger partial charge in [-0.15, -0.1) is 10.2 Å². The zero-order chi connectivity index (χ0) is 20.3. The molecule has 30 heavy (non-hydrogen) atoms. The average molecular weight is 406 g/mol. The van der Waals surface area contributed by atoms with Gasteiger partial charge in [-0.2, -0.15) is 0 Å². The summed E-state index contributed by atoms with van der Waals surface area (Å²) >= 11 is 0. The van der Waals surface area contributed by atoms with Crippen LogP contribution in [0, 0.1) is 0 Å². The fourth-order valence-electron chi connectivity index (χ4n) is 3.86. The number of nitrogens with zero attached hydrogens (tertiary/aromatic N) is 3. The molecule has 1 N–H and O–H groups in total. The van der Waals surface area contributed by atoms with Gasteiger partial charge in [-0.1, -0.05) is 0 Å². The maximum Gasteiger partial charge on any atom is 0.251 e. The minimum absolute atomic E-state index is 0.0505. The van der Waals surface area contributed by atoms with E-state index >= 15 is 0 Å². The van der Waals surface area contributed by atoms with Crippen molar-refractivity contribution in [3.8, 4) is 22.9 Å². The van der Waals surface area contributed by atoms with Gasteiger partial charge in [-0.25, -0.2) is 0 Å². The maximum atomic E-state index is 12.6. The molecule has 5 rings (SSSR count). The van der Waals surface area contributed by atoms with E-state index in [0.717, 1.165) is 48.6 Å². The van der Waals surface area contributed by atoms with Crippen molar-refractivity contribution < 1.29 is 19.0 Å². The molecular weight excluding hydrogens is 384 g/mol. The second-order valence-corrected chi connectivity index (χ2v) is 7.50. The number of carbonyl (C=O) groups excluding carboxylic acids is 1. The quantitative estimate of drug-likeness (QED) is 0.701. The Morgan fingerprint density at radius 3 is 2.47 bits per heavy atom. The fourth-order valence-corrected chi connectivity index (χ4v) is 3.86. The molecule has 0 spiro atoms.